The number of hydrogen-bond acceptors (Lipinski definition) is 2. The number of guanidine groups is 1. The molecule has 0 aliphatic rings. The summed E-state index contributed by atoms with van der Waals surface area (Å²) in [5, 5.41) is -0.879. The Labute approximate surface area is 227 Å². The Bertz CT molecular complexity index is 1290. The molecule has 0 aromatic heterocycles. The summed E-state index contributed by atoms with van der Waals surface area (Å²) in [7, 11) is 0. The highest BCUT2D eigenvalue weighted by atomic mass is 35.5. The maximum absolute atomic E-state index is 13.1. The molecule has 212 valence electrons. The Morgan fingerprint density at radius 2 is 1.18 bits per heavy atom. The molecular weight excluding hydrogens is 548 g/mol. The number of aliphatic imine (C=N–C) groups is 1. The van der Waals surface area contributed by atoms with Gasteiger partial charge >= 0.3 is 12.4 Å². The van der Waals surface area contributed by atoms with Gasteiger partial charge in [-0.2, -0.15) is 31.3 Å². The number of rotatable bonds is 6. The molecule has 12 heteroatoms. The molecule has 0 fully saturated rings. The second kappa shape index (κ2) is 14.0. The molecule has 0 saturated heterocycles. The summed E-state index contributed by atoms with van der Waals surface area (Å²) in [5.41, 5.74) is 9.28. The zero-order valence-electron chi connectivity index (χ0n) is 21.6. The molecule has 0 spiro atoms. The van der Waals surface area contributed by atoms with Crippen LogP contribution in [0.5, 0.6) is 0 Å². The van der Waals surface area contributed by atoms with Crippen LogP contribution in [-0.2, 0) is 25.2 Å². The zero-order chi connectivity index (χ0) is 30.1. The number of halogens is 7. The van der Waals surface area contributed by atoms with E-state index in [1.54, 1.807) is 45.1 Å². The van der Waals surface area contributed by atoms with E-state index in [1.165, 1.54) is 19.1 Å². The number of carbonyl (C=O) groups excluding carboxylic acids is 2. The Morgan fingerprint density at radius 3 is 1.51 bits per heavy atom. The van der Waals surface area contributed by atoms with Crippen molar-refractivity contribution in [3.05, 3.63) is 93.1 Å². The quantitative estimate of drug-likeness (QED) is 0.127. The first-order valence-electron chi connectivity index (χ1n) is 11.4. The normalized spacial score (nSPS) is 11.9. The molecular formula is C27H28ClF6N3O2. The van der Waals surface area contributed by atoms with E-state index in [0.29, 0.717) is 11.1 Å². The lowest BCUT2D eigenvalue weighted by Crippen LogP contribution is -2.24. The Kier molecular flexibility index (Phi) is 12.0. The summed E-state index contributed by atoms with van der Waals surface area (Å²) in [6.07, 6.45) is -2.17. The van der Waals surface area contributed by atoms with Crippen LogP contribution in [0.4, 0.5) is 26.3 Å². The number of carbonyl (C=O) groups is 2. The van der Waals surface area contributed by atoms with E-state index in [-0.39, 0.29) is 35.1 Å². The second-order valence-electron chi connectivity index (χ2n) is 8.31. The van der Waals surface area contributed by atoms with Crippen molar-refractivity contribution in [2.45, 2.75) is 52.9 Å². The van der Waals surface area contributed by atoms with Crippen LogP contribution in [-0.4, -0.2) is 17.1 Å². The van der Waals surface area contributed by atoms with Crippen LogP contribution >= 0.6 is 11.6 Å². The van der Waals surface area contributed by atoms with Gasteiger partial charge in [0, 0.05) is 11.1 Å². The minimum Gasteiger partial charge on any atom is -0.370 e. The molecule has 0 unspecified atom stereocenters. The van der Waals surface area contributed by atoms with Gasteiger partial charge in [-0.3, -0.25) is 9.59 Å². The third-order valence-electron chi connectivity index (χ3n) is 5.33. The summed E-state index contributed by atoms with van der Waals surface area (Å²) in [4.78, 5) is 26.1. The average molecular weight is 576 g/mol. The van der Waals surface area contributed by atoms with Crippen molar-refractivity contribution in [1.29, 1.82) is 0 Å². The summed E-state index contributed by atoms with van der Waals surface area (Å²) < 4.78 is 77.9. The fraction of sp³-hybridized carbons (Fsp3) is 0.296. The number of benzene rings is 2. The average Bonchev–Trinajstić information content (AvgIpc) is 2.79. The Hall–Kier alpha value is -3.60. The predicted molar refractivity (Wildman–Crippen MR) is 140 cm³/mol. The van der Waals surface area contributed by atoms with Crippen LogP contribution in [0.25, 0.3) is 0 Å². The molecule has 5 nitrogen and oxygen atoms in total. The summed E-state index contributed by atoms with van der Waals surface area (Å²) in [5.74, 6) is -1.39. The molecule has 0 saturated carbocycles. The smallest absolute Gasteiger partial charge is 0.370 e. The van der Waals surface area contributed by atoms with Gasteiger partial charge < -0.3 is 11.5 Å². The van der Waals surface area contributed by atoms with Crippen molar-refractivity contribution in [2.75, 3.05) is 0 Å². The molecule has 4 N–H and O–H groups in total. The van der Waals surface area contributed by atoms with Crippen molar-refractivity contribution in [2.24, 2.45) is 16.5 Å². The number of allylic oxidation sites excluding steroid dienone is 4. The minimum absolute atomic E-state index is 0.0966. The largest absolute Gasteiger partial charge is 0.416 e. The van der Waals surface area contributed by atoms with Gasteiger partial charge in [-0.1, -0.05) is 36.4 Å². The summed E-state index contributed by atoms with van der Waals surface area (Å²) >= 11 is 5.27. The van der Waals surface area contributed by atoms with E-state index in [0.717, 1.165) is 12.1 Å². The standard InChI is InChI=1S/C14H16F3N3O.C13H12ClF3O/c1-3-4-5-9-6-8(2)10(12(21)20-13(18)19)7-11(9)14(15,16)17;1-3-4-5-9-6-8(2)10(12(14)18)7-11(9)13(15,16)17/h3-4,6-7H,5H2,1-2H3,(H4,18,19,20,21);3-4,6-7H,5H2,1-2H3. The van der Waals surface area contributed by atoms with Crippen molar-refractivity contribution < 1.29 is 35.9 Å². The zero-order valence-corrected chi connectivity index (χ0v) is 22.4. The molecule has 0 atom stereocenters. The molecule has 0 aliphatic heterocycles. The van der Waals surface area contributed by atoms with Crippen LogP contribution in [0.3, 0.4) is 0 Å². The molecule has 2 aromatic carbocycles. The van der Waals surface area contributed by atoms with Gasteiger partial charge in [0.1, 0.15) is 0 Å². The van der Waals surface area contributed by atoms with Gasteiger partial charge in [0.25, 0.3) is 11.1 Å². The van der Waals surface area contributed by atoms with E-state index in [1.807, 2.05) is 0 Å². The third-order valence-corrected chi connectivity index (χ3v) is 5.53. The number of hydrogen-bond donors (Lipinski definition) is 2. The first kappa shape index (κ1) is 33.4. The van der Waals surface area contributed by atoms with Gasteiger partial charge in [0.15, 0.2) is 5.96 Å². The van der Waals surface area contributed by atoms with Crippen LogP contribution in [0.15, 0.2) is 53.6 Å². The SMILES string of the molecule is CC=CCc1cc(C)c(C(=O)Cl)cc1C(F)(F)F.CC=CCc1cc(C)c(C(=O)N=C(N)N)cc1C(F)(F)F. The van der Waals surface area contributed by atoms with Crippen LogP contribution in [0, 0.1) is 13.8 Å². The van der Waals surface area contributed by atoms with Gasteiger partial charge in [-0.25, -0.2) is 0 Å². The number of aryl methyl sites for hydroxylation is 2. The van der Waals surface area contributed by atoms with Gasteiger partial charge in [0.2, 0.25) is 0 Å². The van der Waals surface area contributed by atoms with Gasteiger partial charge in [-0.05, 0) is 86.5 Å². The lowest BCUT2D eigenvalue weighted by atomic mass is 9.96. The van der Waals surface area contributed by atoms with Crippen molar-refractivity contribution in [3.63, 3.8) is 0 Å². The Balaban J connectivity index is 0.000000395. The molecule has 0 radical (unpaired) electrons. The minimum atomic E-state index is -4.56. The topological polar surface area (TPSA) is 98.5 Å². The van der Waals surface area contributed by atoms with E-state index in [2.05, 4.69) is 4.99 Å². The number of alkyl halides is 6. The highest BCUT2D eigenvalue weighted by Crippen LogP contribution is 2.35. The number of nitrogens with zero attached hydrogens (tertiary/aromatic N) is 1. The molecule has 1 amide bonds. The monoisotopic (exact) mass is 575 g/mol. The lowest BCUT2D eigenvalue weighted by molar-refractivity contribution is -0.139. The molecule has 0 aliphatic carbocycles. The maximum atomic E-state index is 13.1. The molecule has 0 bridgehead atoms. The number of nitrogens with two attached hydrogens (primary N) is 2. The molecule has 39 heavy (non-hydrogen) atoms. The maximum Gasteiger partial charge on any atom is 0.416 e. The summed E-state index contributed by atoms with van der Waals surface area (Å²) in [6.45, 7) is 6.55. The van der Waals surface area contributed by atoms with Crippen molar-refractivity contribution in [3.8, 4) is 0 Å². The second-order valence-corrected chi connectivity index (χ2v) is 8.65. The molecule has 2 aromatic rings. The fourth-order valence-electron chi connectivity index (χ4n) is 3.51. The van der Waals surface area contributed by atoms with E-state index >= 15 is 0 Å². The van der Waals surface area contributed by atoms with Crippen LogP contribution in [0.1, 0.15) is 67.9 Å². The highest BCUT2D eigenvalue weighted by Gasteiger charge is 2.35. The van der Waals surface area contributed by atoms with Crippen molar-refractivity contribution >= 4 is 28.7 Å². The molecule has 0 heterocycles. The van der Waals surface area contributed by atoms with Crippen LogP contribution in [0.2, 0.25) is 0 Å². The van der Waals surface area contributed by atoms with E-state index in [4.69, 9.17) is 23.1 Å². The predicted octanol–water partition coefficient (Wildman–Crippen LogP) is 7.06. The van der Waals surface area contributed by atoms with Gasteiger partial charge in [0.05, 0.1) is 11.1 Å². The Morgan fingerprint density at radius 1 is 0.795 bits per heavy atom. The lowest BCUT2D eigenvalue weighted by Gasteiger charge is -2.15. The third kappa shape index (κ3) is 9.90. The first-order chi connectivity index (χ1) is 17.9. The van der Waals surface area contributed by atoms with E-state index in [9.17, 15) is 35.9 Å². The van der Waals surface area contributed by atoms with E-state index < -0.39 is 40.6 Å². The summed E-state index contributed by atoms with van der Waals surface area (Å²) in [6, 6.07) is 4.31. The first-order valence-corrected chi connectivity index (χ1v) is 11.8. The highest BCUT2D eigenvalue weighted by molar-refractivity contribution is 6.67. The van der Waals surface area contributed by atoms with Gasteiger partial charge in [-0.15, -0.1) is 0 Å². The number of amides is 1. The van der Waals surface area contributed by atoms with Crippen LogP contribution < -0.4 is 11.5 Å². The van der Waals surface area contributed by atoms with Crippen molar-refractivity contribution in [1.82, 2.24) is 0 Å². The molecule has 2 rings (SSSR count). The fourth-order valence-corrected chi connectivity index (χ4v) is 3.71.